The molecule has 4 N–H and O–H groups in total. The lowest BCUT2D eigenvalue weighted by atomic mass is 10.0. The van der Waals surface area contributed by atoms with Crippen molar-refractivity contribution in [1.29, 1.82) is 0 Å². The Morgan fingerprint density at radius 1 is 0.633 bits per heavy atom. The number of aliphatic hydroxyl groups is 2. The summed E-state index contributed by atoms with van der Waals surface area (Å²) in [5.74, 6) is -0.788. The quantitative estimate of drug-likeness (QED) is 0.464. The van der Waals surface area contributed by atoms with Crippen molar-refractivity contribution in [1.82, 2.24) is 10.6 Å². The zero-order valence-electron chi connectivity index (χ0n) is 16.4. The van der Waals surface area contributed by atoms with Gasteiger partial charge in [0, 0.05) is 11.1 Å². The number of nitrogens with one attached hydrogen (secondary N) is 2. The van der Waals surface area contributed by atoms with E-state index in [1.165, 1.54) is 6.07 Å². The maximum atomic E-state index is 12.7. The molecule has 0 radical (unpaired) electrons. The van der Waals surface area contributed by atoms with Crippen LogP contribution in [-0.4, -0.2) is 35.2 Å². The number of rotatable bonds is 8. The second-order valence-electron chi connectivity index (χ2n) is 6.82. The first-order valence-corrected chi connectivity index (χ1v) is 9.65. The molecular formula is C24H24N2O4. The van der Waals surface area contributed by atoms with Crippen LogP contribution in [0.4, 0.5) is 0 Å². The fraction of sp³-hybridized carbons (Fsp3) is 0.167. The number of aliphatic hydroxyl groups excluding tert-OH is 2. The molecule has 2 amide bonds. The van der Waals surface area contributed by atoms with Crippen LogP contribution in [0.2, 0.25) is 0 Å². The second kappa shape index (κ2) is 10.3. The Bertz CT molecular complexity index is 900. The first kappa shape index (κ1) is 21.2. The van der Waals surface area contributed by atoms with E-state index < -0.39 is 23.9 Å². The summed E-state index contributed by atoms with van der Waals surface area (Å²) in [5.41, 5.74) is 2.18. The van der Waals surface area contributed by atoms with Crippen LogP contribution < -0.4 is 10.6 Å². The molecule has 0 unspecified atom stereocenters. The van der Waals surface area contributed by atoms with Crippen molar-refractivity contribution in [2.75, 3.05) is 13.2 Å². The third kappa shape index (κ3) is 5.31. The number of carbonyl (C=O) groups is 2. The molecule has 0 aliphatic rings. The van der Waals surface area contributed by atoms with Crippen LogP contribution in [0.25, 0.3) is 0 Å². The van der Waals surface area contributed by atoms with Crippen molar-refractivity contribution in [2.45, 2.75) is 12.1 Å². The van der Waals surface area contributed by atoms with Crippen molar-refractivity contribution in [2.24, 2.45) is 0 Å². The van der Waals surface area contributed by atoms with Crippen molar-refractivity contribution < 1.29 is 19.8 Å². The number of hydrogen-bond acceptors (Lipinski definition) is 4. The molecule has 3 rings (SSSR count). The zero-order valence-corrected chi connectivity index (χ0v) is 16.4. The van der Waals surface area contributed by atoms with E-state index in [1.807, 2.05) is 60.7 Å². The van der Waals surface area contributed by atoms with Crippen LogP contribution in [0, 0.1) is 0 Å². The van der Waals surface area contributed by atoms with Gasteiger partial charge in [0.1, 0.15) is 0 Å². The predicted octanol–water partition coefficient (Wildman–Crippen LogP) is 2.61. The van der Waals surface area contributed by atoms with Gasteiger partial charge in [-0.3, -0.25) is 9.59 Å². The highest BCUT2D eigenvalue weighted by atomic mass is 16.3. The van der Waals surface area contributed by atoms with Gasteiger partial charge in [-0.05, 0) is 29.3 Å². The molecule has 0 spiro atoms. The highest BCUT2D eigenvalue weighted by Gasteiger charge is 2.18. The number of amides is 2. The van der Waals surface area contributed by atoms with Crippen LogP contribution in [0.5, 0.6) is 0 Å². The largest absolute Gasteiger partial charge is 0.394 e. The van der Waals surface area contributed by atoms with Crippen LogP contribution in [-0.2, 0) is 0 Å². The fourth-order valence-electron chi connectivity index (χ4n) is 3.12. The Morgan fingerprint density at radius 3 is 1.40 bits per heavy atom. The molecule has 0 heterocycles. The molecular weight excluding hydrogens is 380 g/mol. The molecule has 2 atom stereocenters. The molecule has 154 valence electrons. The summed E-state index contributed by atoms with van der Waals surface area (Å²) in [7, 11) is 0. The standard InChI is InChI=1S/C24H24N2O4/c27-15-21(17-8-3-1-4-9-17)25-23(29)19-12-7-13-20(14-19)24(30)26-22(16-28)18-10-5-2-6-11-18/h1-14,21-22,27-28H,15-16H2,(H,25,29)(H,26,30)/t21-,22-/m0/s1. The summed E-state index contributed by atoms with van der Waals surface area (Å²) >= 11 is 0. The predicted molar refractivity (Wildman–Crippen MR) is 114 cm³/mol. The average molecular weight is 404 g/mol. The third-order valence-corrected chi connectivity index (χ3v) is 4.77. The highest BCUT2D eigenvalue weighted by Crippen LogP contribution is 2.15. The SMILES string of the molecule is O=C(N[C@@H](CO)c1ccccc1)c1cccc(C(=O)N[C@@H](CO)c2ccccc2)c1. The van der Waals surface area contributed by atoms with Crippen molar-refractivity contribution in [3.8, 4) is 0 Å². The minimum atomic E-state index is -0.548. The van der Waals surface area contributed by atoms with E-state index in [4.69, 9.17) is 0 Å². The van der Waals surface area contributed by atoms with Crippen molar-refractivity contribution in [3.05, 3.63) is 107 Å². The molecule has 0 saturated heterocycles. The van der Waals surface area contributed by atoms with Gasteiger partial charge in [0.15, 0.2) is 0 Å². The van der Waals surface area contributed by atoms with Gasteiger partial charge in [0.2, 0.25) is 0 Å². The lowest BCUT2D eigenvalue weighted by Gasteiger charge is -2.18. The second-order valence-corrected chi connectivity index (χ2v) is 6.82. The zero-order chi connectivity index (χ0) is 21.3. The van der Waals surface area contributed by atoms with Crippen LogP contribution in [0.1, 0.15) is 43.9 Å². The normalized spacial score (nSPS) is 12.6. The van der Waals surface area contributed by atoms with E-state index in [9.17, 15) is 19.8 Å². The summed E-state index contributed by atoms with van der Waals surface area (Å²) in [6, 6.07) is 23.6. The summed E-state index contributed by atoms with van der Waals surface area (Å²) < 4.78 is 0. The van der Waals surface area contributed by atoms with E-state index in [1.54, 1.807) is 18.2 Å². The minimum Gasteiger partial charge on any atom is -0.394 e. The Kier molecular flexibility index (Phi) is 7.32. The van der Waals surface area contributed by atoms with Gasteiger partial charge in [0.25, 0.3) is 11.8 Å². The lowest BCUT2D eigenvalue weighted by molar-refractivity contribution is 0.0915. The smallest absolute Gasteiger partial charge is 0.251 e. The topological polar surface area (TPSA) is 98.7 Å². The first-order chi connectivity index (χ1) is 14.6. The summed E-state index contributed by atoms with van der Waals surface area (Å²) in [6.45, 7) is -0.490. The molecule has 0 fully saturated rings. The van der Waals surface area contributed by atoms with Crippen LogP contribution in [0.15, 0.2) is 84.9 Å². The average Bonchev–Trinajstić information content (AvgIpc) is 2.81. The van der Waals surface area contributed by atoms with Gasteiger partial charge < -0.3 is 20.8 Å². The summed E-state index contributed by atoms with van der Waals surface area (Å²) in [5, 5.41) is 24.9. The number of hydrogen-bond donors (Lipinski definition) is 4. The van der Waals surface area contributed by atoms with E-state index in [-0.39, 0.29) is 13.2 Å². The van der Waals surface area contributed by atoms with E-state index in [0.29, 0.717) is 11.1 Å². The van der Waals surface area contributed by atoms with Gasteiger partial charge >= 0.3 is 0 Å². The fourth-order valence-corrected chi connectivity index (χ4v) is 3.12. The Labute approximate surface area is 175 Å². The van der Waals surface area contributed by atoms with Crippen LogP contribution in [0.3, 0.4) is 0 Å². The first-order valence-electron chi connectivity index (χ1n) is 9.65. The van der Waals surface area contributed by atoms with Gasteiger partial charge in [-0.2, -0.15) is 0 Å². The van der Waals surface area contributed by atoms with Gasteiger partial charge in [-0.1, -0.05) is 66.7 Å². The number of benzene rings is 3. The van der Waals surface area contributed by atoms with E-state index in [2.05, 4.69) is 10.6 Å². The van der Waals surface area contributed by atoms with Crippen molar-refractivity contribution >= 4 is 11.8 Å². The molecule has 30 heavy (non-hydrogen) atoms. The van der Waals surface area contributed by atoms with Gasteiger partial charge in [0.05, 0.1) is 25.3 Å². The lowest BCUT2D eigenvalue weighted by Crippen LogP contribution is -2.32. The molecule has 3 aromatic carbocycles. The molecule has 6 heteroatoms. The number of carbonyl (C=O) groups excluding carboxylic acids is 2. The molecule has 6 nitrogen and oxygen atoms in total. The summed E-state index contributed by atoms with van der Waals surface area (Å²) in [4.78, 5) is 25.3. The highest BCUT2D eigenvalue weighted by molar-refractivity contribution is 5.99. The molecule has 0 bridgehead atoms. The van der Waals surface area contributed by atoms with Crippen LogP contribution >= 0.6 is 0 Å². The summed E-state index contributed by atoms with van der Waals surface area (Å²) in [6.07, 6.45) is 0. The molecule has 0 saturated carbocycles. The monoisotopic (exact) mass is 404 g/mol. The Balaban J connectivity index is 1.71. The maximum absolute atomic E-state index is 12.7. The Hall–Kier alpha value is -3.48. The van der Waals surface area contributed by atoms with E-state index >= 15 is 0 Å². The molecule has 0 aliphatic carbocycles. The van der Waals surface area contributed by atoms with E-state index in [0.717, 1.165) is 11.1 Å². The molecule has 0 aliphatic heterocycles. The van der Waals surface area contributed by atoms with Gasteiger partial charge in [-0.25, -0.2) is 0 Å². The third-order valence-electron chi connectivity index (χ3n) is 4.77. The Morgan fingerprint density at radius 2 is 1.03 bits per heavy atom. The van der Waals surface area contributed by atoms with Crippen molar-refractivity contribution in [3.63, 3.8) is 0 Å². The maximum Gasteiger partial charge on any atom is 0.251 e. The molecule has 3 aromatic rings. The minimum absolute atomic E-state index is 0.245. The molecule has 0 aromatic heterocycles. The van der Waals surface area contributed by atoms with Gasteiger partial charge in [-0.15, -0.1) is 0 Å².